The first kappa shape index (κ1) is 22.0. The summed E-state index contributed by atoms with van der Waals surface area (Å²) in [6.45, 7) is 8.71. The first-order chi connectivity index (χ1) is 13.5. The van der Waals surface area contributed by atoms with Crippen LogP contribution in [-0.4, -0.2) is 42.0 Å². The third-order valence-corrected chi connectivity index (χ3v) is 4.90. The highest BCUT2D eigenvalue weighted by Crippen LogP contribution is 2.14. The summed E-state index contributed by atoms with van der Waals surface area (Å²) in [6, 6.07) is 10.6. The molecule has 0 bridgehead atoms. The number of rotatable bonds is 10. The minimum atomic E-state index is 0.280. The number of aromatic nitrogens is 2. The second-order valence-electron chi connectivity index (χ2n) is 7.27. The van der Waals surface area contributed by atoms with Crippen LogP contribution in [0.5, 0.6) is 0 Å². The Balaban J connectivity index is 1.61. The molecule has 2 N–H and O–H groups in total. The average Bonchev–Trinajstić information content (AvgIpc) is 2.93. The maximum Gasteiger partial charge on any atom is 0.191 e. The van der Waals surface area contributed by atoms with Crippen molar-refractivity contribution in [2.24, 2.45) is 12.0 Å². The highest BCUT2D eigenvalue weighted by atomic mass is 16.5. The number of aryl methyl sites for hydroxylation is 2. The van der Waals surface area contributed by atoms with E-state index in [2.05, 4.69) is 53.6 Å². The molecule has 28 heavy (non-hydrogen) atoms. The van der Waals surface area contributed by atoms with Gasteiger partial charge in [-0.1, -0.05) is 30.3 Å². The highest BCUT2D eigenvalue weighted by Gasteiger charge is 2.13. The number of unbranched alkanes of at least 4 members (excludes halogenated alkanes) is 1. The van der Waals surface area contributed by atoms with Gasteiger partial charge in [-0.15, -0.1) is 0 Å². The SMILES string of the molecule is CN=C(NCCCCOCc1ccccc1)NC(C)Cc1c(C)nn(C)c1C. The molecular weight excluding hydrogens is 350 g/mol. The first-order valence-corrected chi connectivity index (χ1v) is 10.1. The maximum atomic E-state index is 5.73. The smallest absolute Gasteiger partial charge is 0.191 e. The molecule has 6 nitrogen and oxygen atoms in total. The first-order valence-electron chi connectivity index (χ1n) is 10.1. The number of nitrogens with one attached hydrogen (secondary N) is 2. The van der Waals surface area contributed by atoms with Crippen LogP contribution in [0.3, 0.4) is 0 Å². The van der Waals surface area contributed by atoms with Crippen molar-refractivity contribution in [3.05, 3.63) is 52.8 Å². The van der Waals surface area contributed by atoms with Crippen molar-refractivity contribution in [2.45, 2.75) is 52.7 Å². The van der Waals surface area contributed by atoms with Crippen molar-refractivity contribution in [1.82, 2.24) is 20.4 Å². The predicted molar refractivity (Wildman–Crippen MR) is 116 cm³/mol. The van der Waals surface area contributed by atoms with E-state index in [1.165, 1.54) is 16.8 Å². The number of hydrogen-bond donors (Lipinski definition) is 2. The third kappa shape index (κ3) is 7.00. The van der Waals surface area contributed by atoms with E-state index in [1.54, 1.807) is 0 Å². The molecule has 1 heterocycles. The third-order valence-electron chi connectivity index (χ3n) is 4.90. The van der Waals surface area contributed by atoms with Crippen molar-refractivity contribution >= 4 is 5.96 Å². The molecule has 1 unspecified atom stereocenters. The van der Waals surface area contributed by atoms with Crippen molar-refractivity contribution in [3.8, 4) is 0 Å². The van der Waals surface area contributed by atoms with Gasteiger partial charge < -0.3 is 15.4 Å². The lowest BCUT2D eigenvalue weighted by atomic mass is 10.1. The zero-order valence-corrected chi connectivity index (χ0v) is 18.0. The molecule has 0 aliphatic rings. The van der Waals surface area contributed by atoms with Crippen LogP contribution < -0.4 is 10.6 Å². The van der Waals surface area contributed by atoms with Gasteiger partial charge >= 0.3 is 0 Å². The van der Waals surface area contributed by atoms with Gasteiger partial charge in [0.2, 0.25) is 0 Å². The Bertz CT molecular complexity index is 739. The Kier molecular flexibility index (Phi) is 9.01. The van der Waals surface area contributed by atoms with Crippen molar-refractivity contribution in [2.75, 3.05) is 20.2 Å². The van der Waals surface area contributed by atoms with Crippen LogP contribution in [0.1, 0.15) is 42.3 Å². The summed E-state index contributed by atoms with van der Waals surface area (Å²) in [5, 5.41) is 11.4. The van der Waals surface area contributed by atoms with Crippen LogP contribution >= 0.6 is 0 Å². The van der Waals surface area contributed by atoms with Gasteiger partial charge in [0.05, 0.1) is 12.3 Å². The molecule has 1 aromatic heterocycles. The zero-order chi connectivity index (χ0) is 20.4. The molecule has 0 spiro atoms. The minimum absolute atomic E-state index is 0.280. The van der Waals surface area contributed by atoms with E-state index in [0.29, 0.717) is 6.61 Å². The monoisotopic (exact) mass is 385 g/mol. The van der Waals surface area contributed by atoms with Gasteiger partial charge in [0.1, 0.15) is 0 Å². The van der Waals surface area contributed by atoms with Crippen LogP contribution in [0.4, 0.5) is 0 Å². The largest absolute Gasteiger partial charge is 0.377 e. The molecule has 0 radical (unpaired) electrons. The summed E-state index contributed by atoms with van der Waals surface area (Å²) < 4.78 is 7.68. The topological polar surface area (TPSA) is 63.5 Å². The number of ether oxygens (including phenoxy) is 1. The van der Waals surface area contributed by atoms with E-state index in [0.717, 1.165) is 44.1 Å². The number of hydrogen-bond acceptors (Lipinski definition) is 3. The van der Waals surface area contributed by atoms with E-state index in [9.17, 15) is 0 Å². The number of guanidine groups is 1. The molecule has 6 heteroatoms. The van der Waals surface area contributed by atoms with Crippen molar-refractivity contribution < 1.29 is 4.74 Å². The Hall–Kier alpha value is -2.34. The molecule has 2 aromatic rings. The second kappa shape index (κ2) is 11.5. The minimum Gasteiger partial charge on any atom is -0.377 e. The van der Waals surface area contributed by atoms with Crippen LogP contribution in [-0.2, 0) is 24.8 Å². The summed E-state index contributed by atoms with van der Waals surface area (Å²) in [5.41, 5.74) is 4.86. The van der Waals surface area contributed by atoms with Crippen LogP contribution in [0.2, 0.25) is 0 Å². The fraction of sp³-hybridized carbons (Fsp3) is 0.545. The predicted octanol–water partition coefficient (Wildman–Crippen LogP) is 3.13. The van der Waals surface area contributed by atoms with E-state index in [1.807, 2.05) is 37.0 Å². The van der Waals surface area contributed by atoms with Crippen molar-refractivity contribution in [1.29, 1.82) is 0 Å². The van der Waals surface area contributed by atoms with Gasteiger partial charge in [0.15, 0.2) is 5.96 Å². The summed E-state index contributed by atoms with van der Waals surface area (Å²) in [7, 11) is 3.81. The van der Waals surface area contributed by atoms with E-state index < -0.39 is 0 Å². The van der Waals surface area contributed by atoms with Crippen molar-refractivity contribution in [3.63, 3.8) is 0 Å². The molecule has 1 atom stereocenters. The fourth-order valence-corrected chi connectivity index (χ4v) is 3.20. The number of nitrogens with zero attached hydrogens (tertiary/aromatic N) is 3. The number of aliphatic imine (C=N–C) groups is 1. The van der Waals surface area contributed by atoms with E-state index in [-0.39, 0.29) is 6.04 Å². The molecule has 154 valence electrons. The molecule has 0 amide bonds. The lowest BCUT2D eigenvalue weighted by Gasteiger charge is -2.18. The molecule has 0 fully saturated rings. The van der Waals surface area contributed by atoms with Gasteiger partial charge in [-0.3, -0.25) is 9.67 Å². The summed E-state index contributed by atoms with van der Waals surface area (Å²) in [4.78, 5) is 4.34. The van der Waals surface area contributed by atoms with Crippen LogP contribution in [0.25, 0.3) is 0 Å². The van der Waals surface area contributed by atoms with Gasteiger partial charge in [0.25, 0.3) is 0 Å². The Labute approximate surface area is 169 Å². The average molecular weight is 386 g/mol. The van der Waals surface area contributed by atoms with Gasteiger partial charge in [-0.25, -0.2) is 0 Å². The molecule has 0 saturated carbocycles. The summed E-state index contributed by atoms with van der Waals surface area (Å²) in [6.07, 6.45) is 3.00. The van der Waals surface area contributed by atoms with Crippen LogP contribution in [0, 0.1) is 13.8 Å². The normalized spacial score (nSPS) is 12.8. The summed E-state index contributed by atoms with van der Waals surface area (Å²) >= 11 is 0. The quantitative estimate of drug-likeness (QED) is 0.375. The lowest BCUT2D eigenvalue weighted by Crippen LogP contribution is -2.43. The second-order valence-corrected chi connectivity index (χ2v) is 7.27. The van der Waals surface area contributed by atoms with E-state index in [4.69, 9.17) is 4.74 Å². The molecule has 2 rings (SSSR count). The maximum absolute atomic E-state index is 5.73. The zero-order valence-electron chi connectivity index (χ0n) is 18.0. The Morgan fingerprint density at radius 1 is 1.21 bits per heavy atom. The number of benzene rings is 1. The van der Waals surface area contributed by atoms with E-state index >= 15 is 0 Å². The van der Waals surface area contributed by atoms with Gasteiger partial charge in [-0.05, 0) is 51.2 Å². The lowest BCUT2D eigenvalue weighted by molar-refractivity contribution is 0.117. The Morgan fingerprint density at radius 3 is 2.61 bits per heavy atom. The van der Waals surface area contributed by atoms with Crippen LogP contribution in [0.15, 0.2) is 35.3 Å². The molecule has 0 saturated heterocycles. The van der Waals surface area contributed by atoms with Gasteiger partial charge in [-0.2, -0.15) is 5.10 Å². The molecule has 1 aromatic carbocycles. The fourth-order valence-electron chi connectivity index (χ4n) is 3.20. The van der Waals surface area contributed by atoms with Gasteiger partial charge in [0, 0.05) is 39.0 Å². The summed E-state index contributed by atoms with van der Waals surface area (Å²) in [5.74, 6) is 0.844. The standard InChI is InChI=1S/C22H35N5O/c1-17(15-21-18(2)26-27(5)19(21)3)25-22(23-4)24-13-9-10-14-28-16-20-11-7-6-8-12-20/h6-8,11-12,17H,9-10,13-16H2,1-5H3,(H2,23,24,25). The molecular formula is C22H35N5O. The molecule has 0 aliphatic carbocycles. The Morgan fingerprint density at radius 2 is 1.96 bits per heavy atom. The molecule has 0 aliphatic heterocycles. The highest BCUT2D eigenvalue weighted by molar-refractivity contribution is 5.79.